The lowest BCUT2D eigenvalue weighted by atomic mass is 10.2. The lowest BCUT2D eigenvalue weighted by molar-refractivity contribution is -0.144. The van der Waals surface area contributed by atoms with Crippen molar-refractivity contribution in [2.75, 3.05) is 20.8 Å². The molecule has 164 valence electrons. The number of carbonyl (C=O) groups is 4. The number of amides is 2. The van der Waals surface area contributed by atoms with Gasteiger partial charge in [0.25, 0.3) is 0 Å². The van der Waals surface area contributed by atoms with E-state index in [1.54, 1.807) is 43.6 Å². The molecule has 0 aliphatic heterocycles. The number of carbonyl (C=O) groups excluding carboxylic acids is 4. The molecule has 0 bridgehead atoms. The van der Waals surface area contributed by atoms with Gasteiger partial charge in [-0.15, -0.1) is 0 Å². The molecule has 2 atom stereocenters. The van der Waals surface area contributed by atoms with Crippen LogP contribution in [0.4, 0.5) is 9.59 Å². The minimum absolute atomic E-state index is 0.336. The van der Waals surface area contributed by atoms with Gasteiger partial charge in [-0.1, -0.05) is 6.92 Å². The summed E-state index contributed by atoms with van der Waals surface area (Å²) in [5.74, 6) is -1.11. The summed E-state index contributed by atoms with van der Waals surface area (Å²) in [7, 11) is 2.49. The number of hydrogen-bond acceptors (Lipinski definition) is 7. The van der Waals surface area contributed by atoms with Crippen LogP contribution >= 0.6 is 0 Å². The van der Waals surface area contributed by atoms with Crippen LogP contribution in [-0.2, 0) is 19.1 Å². The normalized spacial score (nSPS) is 11.9. The third-order valence-corrected chi connectivity index (χ3v) is 3.84. The van der Waals surface area contributed by atoms with E-state index in [2.05, 4.69) is 20.1 Å². The predicted octanol–water partition coefficient (Wildman–Crippen LogP) is 0.577. The molecular weight excluding hydrogens is 396 g/mol. The molecule has 0 spiro atoms. The largest absolute Gasteiger partial charge is 0.467 e. The van der Waals surface area contributed by atoms with Crippen LogP contribution in [0.3, 0.4) is 0 Å². The SMILES string of the molecule is CC[C@H](NC(=O)n1cccc1)C(=O)OC.COC(=O)[C@H](CO)NC(=O)n1cccc1. The van der Waals surface area contributed by atoms with Gasteiger partial charge in [-0.25, -0.2) is 19.2 Å². The number of nitrogens with zero attached hydrogens (tertiary/aromatic N) is 2. The molecule has 0 saturated heterocycles. The number of ether oxygens (including phenoxy) is 2. The van der Waals surface area contributed by atoms with E-state index in [-0.39, 0.29) is 6.03 Å². The zero-order valence-electron chi connectivity index (χ0n) is 17.0. The standard InChI is InChI=1S/C10H14N2O3.C9H12N2O4/c1-3-8(9(13)15-2)11-10(14)12-6-4-5-7-12;1-15-8(13)7(6-12)10-9(14)11-4-2-3-5-11/h4-8H,3H2,1-2H3,(H,11,14);2-5,7,12H,6H2,1H3,(H,10,14)/t8-;7-/m00/s1. The van der Waals surface area contributed by atoms with Gasteiger partial charge in [0, 0.05) is 24.8 Å². The highest BCUT2D eigenvalue weighted by Gasteiger charge is 2.21. The van der Waals surface area contributed by atoms with E-state index in [9.17, 15) is 19.2 Å². The molecule has 2 aromatic heterocycles. The fraction of sp³-hybridized carbons (Fsp3) is 0.368. The van der Waals surface area contributed by atoms with Crippen LogP contribution in [0, 0.1) is 0 Å². The highest BCUT2D eigenvalue weighted by Crippen LogP contribution is 1.97. The molecule has 0 radical (unpaired) electrons. The summed E-state index contributed by atoms with van der Waals surface area (Å²) in [6.07, 6.45) is 6.78. The molecule has 0 fully saturated rings. The summed E-state index contributed by atoms with van der Waals surface area (Å²) >= 11 is 0. The lowest BCUT2D eigenvalue weighted by Crippen LogP contribution is -2.45. The van der Waals surface area contributed by atoms with Gasteiger partial charge in [-0.3, -0.25) is 9.13 Å². The Labute approximate surface area is 173 Å². The maximum atomic E-state index is 11.5. The fourth-order valence-corrected chi connectivity index (χ4v) is 2.18. The minimum atomic E-state index is -1.04. The number of nitrogens with one attached hydrogen (secondary N) is 2. The fourth-order valence-electron chi connectivity index (χ4n) is 2.18. The Hall–Kier alpha value is -3.60. The van der Waals surface area contributed by atoms with E-state index >= 15 is 0 Å². The first-order valence-electron chi connectivity index (χ1n) is 9.02. The van der Waals surface area contributed by atoms with Gasteiger partial charge in [-0.2, -0.15) is 0 Å². The number of aliphatic hydroxyl groups excluding tert-OH is 1. The third-order valence-electron chi connectivity index (χ3n) is 3.84. The molecule has 2 rings (SSSR count). The average molecular weight is 422 g/mol. The van der Waals surface area contributed by atoms with Crippen molar-refractivity contribution in [1.29, 1.82) is 0 Å². The first-order chi connectivity index (χ1) is 14.4. The van der Waals surface area contributed by atoms with Crippen molar-refractivity contribution >= 4 is 24.0 Å². The van der Waals surface area contributed by atoms with Gasteiger partial charge in [-0.05, 0) is 30.7 Å². The van der Waals surface area contributed by atoms with Gasteiger partial charge in [0.05, 0.1) is 20.8 Å². The molecule has 0 unspecified atom stereocenters. The smallest absolute Gasteiger partial charge is 0.330 e. The first-order valence-corrected chi connectivity index (χ1v) is 9.02. The average Bonchev–Trinajstić information content (AvgIpc) is 3.49. The Balaban J connectivity index is 0.000000300. The molecule has 3 N–H and O–H groups in total. The van der Waals surface area contributed by atoms with Crippen molar-refractivity contribution in [3.05, 3.63) is 49.1 Å². The Morgan fingerprint density at radius 1 is 0.800 bits per heavy atom. The molecule has 11 nitrogen and oxygen atoms in total. The van der Waals surface area contributed by atoms with Crippen LogP contribution in [0.2, 0.25) is 0 Å². The van der Waals surface area contributed by atoms with Gasteiger partial charge < -0.3 is 25.2 Å². The van der Waals surface area contributed by atoms with Crippen molar-refractivity contribution in [1.82, 2.24) is 19.8 Å². The highest BCUT2D eigenvalue weighted by atomic mass is 16.5. The minimum Gasteiger partial charge on any atom is -0.467 e. The van der Waals surface area contributed by atoms with Crippen LogP contribution in [0.15, 0.2) is 49.1 Å². The maximum Gasteiger partial charge on any atom is 0.330 e. The van der Waals surface area contributed by atoms with Crippen molar-refractivity contribution in [2.24, 2.45) is 0 Å². The number of rotatable bonds is 6. The zero-order chi connectivity index (χ0) is 22.5. The van der Waals surface area contributed by atoms with Crippen molar-refractivity contribution in [2.45, 2.75) is 25.4 Å². The molecule has 0 saturated carbocycles. The molecule has 2 amide bonds. The molecule has 11 heteroatoms. The van der Waals surface area contributed by atoms with Crippen molar-refractivity contribution in [3.8, 4) is 0 Å². The van der Waals surface area contributed by atoms with Gasteiger partial charge in [0.15, 0.2) is 6.04 Å². The van der Waals surface area contributed by atoms with Crippen LogP contribution in [0.1, 0.15) is 13.3 Å². The predicted molar refractivity (Wildman–Crippen MR) is 106 cm³/mol. The Morgan fingerprint density at radius 3 is 1.50 bits per heavy atom. The Morgan fingerprint density at radius 2 is 1.17 bits per heavy atom. The second-order valence-corrected chi connectivity index (χ2v) is 5.82. The van der Waals surface area contributed by atoms with Crippen LogP contribution in [-0.4, -0.2) is 71.2 Å². The molecule has 0 aliphatic carbocycles. The topological polar surface area (TPSA) is 141 Å². The van der Waals surface area contributed by atoms with E-state index < -0.39 is 36.7 Å². The van der Waals surface area contributed by atoms with Gasteiger partial charge in [0.2, 0.25) is 0 Å². The number of aliphatic hydroxyl groups is 1. The number of methoxy groups -OCH3 is 2. The molecule has 2 aromatic rings. The Kier molecular flexibility index (Phi) is 10.4. The summed E-state index contributed by atoms with van der Waals surface area (Å²) in [5, 5.41) is 13.7. The molecular formula is C19H26N4O7. The van der Waals surface area contributed by atoms with Gasteiger partial charge >= 0.3 is 24.0 Å². The summed E-state index contributed by atoms with van der Waals surface area (Å²) in [5.41, 5.74) is 0. The van der Waals surface area contributed by atoms with E-state index in [1.165, 1.54) is 35.7 Å². The summed E-state index contributed by atoms with van der Waals surface area (Å²) in [6, 6.07) is 4.35. The monoisotopic (exact) mass is 422 g/mol. The maximum absolute atomic E-state index is 11.5. The molecule has 30 heavy (non-hydrogen) atoms. The first kappa shape index (κ1) is 24.4. The van der Waals surface area contributed by atoms with Crippen molar-refractivity contribution in [3.63, 3.8) is 0 Å². The van der Waals surface area contributed by atoms with Crippen LogP contribution in [0.5, 0.6) is 0 Å². The Bertz CT molecular complexity index is 735. The summed E-state index contributed by atoms with van der Waals surface area (Å²) < 4.78 is 11.6. The van der Waals surface area contributed by atoms with E-state index in [1.807, 2.05) is 0 Å². The third kappa shape index (κ3) is 7.43. The van der Waals surface area contributed by atoms with Gasteiger partial charge in [0.1, 0.15) is 6.04 Å². The second kappa shape index (κ2) is 12.8. The number of esters is 2. The van der Waals surface area contributed by atoms with Crippen LogP contribution < -0.4 is 10.6 Å². The zero-order valence-corrected chi connectivity index (χ0v) is 17.0. The summed E-state index contributed by atoms with van der Waals surface area (Å²) in [4.78, 5) is 45.2. The van der Waals surface area contributed by atoms with E-state index in [0.29, 0.717) is 6.42 Å². The number of aromatic nitrogens is 2. The van der Waals surface area contributed by atoms with Crippen LogP contribution in [0.25, 0.3) is 0 Å². The molecule has 0 aliphatic rings. The second-order valence-electron chi connectivity index (χ2n) is 5.82. The van der Waals surface area contributed by atoms with E-state index in [4.69, 9.17) is 5.11 Å². The molecule has 0 aromatic carbocycles. The molecule has 2 heterocycles. The number of hydrogen-bond donors (Lipinski definition) is 3. The van der Waals surface area contributed by atoms with E-state index in [0.717, 1.165) is 0 Å². The quantitative estimate of drug-likeness (QED) is 0.578. The van der Waals surface area contributed by atoms with Crippen molar-refractivity contribution < 1.29 is 33.8 Å². The summed E-state index contributed by atoms with van der Waals surface area (Å²) in [6.45, 7) is 1.30. The lowest BCUT2D eigenvalue weighted by Gasteiger charge is -2.14. The highest BCUT2D eigenvalue weighted by molar-refractivity contribution is 5.85.